The molecule has 0 aliphatic rings. The number of carbonyl (C=O) groups is 1. The minimum Gasteiger partial charge on any atom is -0.465 e. The first-order chi connectivity index (χ1) is 7.13. The fraction of sp³-hybridized carbons (Fsp3) is 0.273. The van der Waals surface area contributed by atoms with E-state index in [0.717, 1.165) is 15.8 Å². The molecule has 15 heavy (non-hydrogen) atoms. The zero-order valence-electron chi connectivity index (χ0n) is 8.83. The Hall–Kier alpha value is -1.42. The van der Waals surface area contributed by atoms with Crippen molar-refractivity contribution in [2.75, 3.05) is 7.11 Å². The summed E-state index contributed by atoms with van der Waals surface area (Å²) in [5.41, 5.74) is 3.18. The molecule has 0 N–H and O–H groups in total. The third kappa shape index (κ3) is 1.61. The first-order valence-electron chi connectivity index (χ1n) is 4.57. The third-order valence-electron chi connectivity index (χ3n) is 2.43. The van der Waals surface area contributed by atoms with Gasteiger partial charge < -0.3 is 4.74 Å². The van der Waals surface area contributed by atoms with E-state index in [1.54, 1.807) is 6.07 Å². The summed E-state index contributed by atoms with van der Waals surface area (Å²) in [6.07, 6.45) is 1.82. The molecule has 0 aliphatic carbocycles. The van der Waals surface area contributed by atoms with Gasteiger partial charge in [-0.25, -0.2) is 4.79 Å². The molecule has 0 unspecified atom stereocenters. The molecule has 0 aromatic carbocycles. The van der Waals surface area contributed by atoms with E-state index in [9.17, 15) is 4.79 Å². The first kappa shape index (κ1) is 10.1. The number of nitrogens with zero attached hydrogens (tertiary/aromatic N) is 1. The largest absolute Gasteiger partial charge is 0.465 e. The van der Waals surface area contributed by atoms with E-state index < -0.39 is 0 Å². The smallest absolute Gasteiger partial charge is 0.348 e. The van der Waals surface area contributed by atoms with E-state index in [1.807, 2.05) is 20.0 Å². The number of esters is 1. The lowest BCUT2D eigenvalue weighted by atomic mass is 10.2. The number of carbonyl (C=O) groups excluding carboxylic acids is 1. The Morgan fingerprint density at radius 1 is 1.47 bits per heavy atom. The highest BCUT2D eigenvalue weighted by Crippen LogP contribution is 2.28. The topological polar surface area (TPSA) is 39.2 Å². The van der Waals surface area contributed by atoms with Gasteiger partial charge in [-0.3, -0.25) is 4.98 Å². The van der Waals surface area contributed by atoms with Gasteiger partial charge in [-0.15, -0.1) is 11.3 Å². The number of methoxy groups -OCH3 is 1. The standard InChI is InChI=1S/C11H11NO2S/c1-6-5-12-8-4-9(11(13)14-3)15-10(8)7(6)2/h4-5H,1-3H3. The average molecular weight is 221 g/mol. The van der Waals surface area contributed by atoms with Crippen molar-refractivity contribution in [3.8, 4) is 0 Å². The van der Waals surface area contributed by atoms with E-state index in [1.165, 1.54) is 24.0 Å². The molecule has 2 heterocycles. The molecule has 3 nitrogen and oxygen atoms in total. The van der Waals surface area contributed by atoms with Gasteiger partial charge in [0.2, 0.25) is 0 Å². The van der Waals surface area contributed by atoms with Crippen LogP contribution in [0, 0.1) is 13.8 Å². The van der Waals surface area contributed by atoms with Crippen LogP contribution in [-0.4, -0.2) is 18.1 Å². The molecule has 0 atom stereocenters. The van der Waals surface area contributed by atoms with Gasteiger partial charge in [-0.2, -0.15) is 0 Å². The van der Waals surface area contributed by atoms with E-state index >= 15 is 0 Å². The molecule has 0 saturated carbocycles. The van der Waals surface area contributed by atoms with E-state index in [0.29, 0.717) is 4.88 Å². The van der Waals surface area contributed by atoms with E-state index in [2.05, 4.69) is 9.72 Å². The van der Waals surface area contributed by atoms with Crippen molar-refractivity contribution in [2.45, 2.75) is 13.8 Å². The van der Waals surface area contributed by atoms with Crippen molar-refractivity contribution < 1.29 is 9.53 Å². The molecule has 0 spiro atoms. The predicted octanol–water partition coefficient (Wildman–Crippen LogP) is 2.70. The van der Waals surface area contributed by atoms with Crippen LogP contribution in [0.5, 0.6) is 0 Å². The lowest BCUT2D eigenvalue weighted by Crippen LogP contribution is -1.96. The van der Waals surface area contributed by atoms with Crippen LogP contribution >= 0.6 is 11.3 Å². The average Bonchev–Trinajstić information content (AvgIpc) is 2.67. The molecule has 0 saturated heterocycles. The molecular weight excluding hydrogens is 210 g/mol. The highest BCUT2D eigenvalue weighted by Gasteiger charge is 2.12. The molecule has 0 bridgehead atoms. The van der Waals surface area contributed by atoms with Crippen molar-refractivity contribution in [3.63, 3.8) is 0 Å². The Balaban J connectivity index is 2.66. The van der Waals surface area contributed by atoms with Crippen molar-refractivity contribution in [2.24, 2.45) is 0 Å². The van der Waals surface area contributed by atoms with Gasteiger partial charge in [0.15, 0.2) is 0 Å². The van der Waals surface area contributed by atoms with Gasteiger partial charge in [-0.05, 0) is 31.0 Å². The second kappa shape index (κ2) is 3.62. The molecule has 4 heteroatoms. The van der Waals surface area contributed by atoms with Crippen LogP contribution < -0.4 is 0 Å². The van der Waals surface area contributed by atoms with Gasteiger partial charge in [0.05, 0.1) is 17.3 Å². The van der Waals surface area contributed by atoms with Crippen LogP contribution in [0.1, 0.15) is 20.8 Å². The summed E-state index contributed by atoms with van der Waals surface area (Å²) in [7, 11) is 1.39. The molecule has 2 rings (SSSR count). The third-order valence-corrected chi connectivity index (χ3v) is 3.65. The molecule has 78 valence electrons. The lowest BCUT2D eigenvalue weighted by Gasteiger charge is -1.98. The number of aromatic nitrogens is 1. The second-order valence-electron chi connectivity index (χ2n) is 3.38. The van der Waals surface area contributed by atoms with Crippen molar-refractivity contribution in [3.05, 3.63) is 28.3 Å². The number of pyridine rings is 1. The van der Waals surface area contributed by atoms with Crippen LogP contribution in [0.25, 0.3) is 10.2 Å². The molecular formula is C11H11NO2S. The van der Waals surface area contributed by atoms with Crippen molar-refractivity contribution >= 4 is 27.5 Å². The van der Waals surface area contributed by atoms with Gasteiger partial charge in [0, 0.05) is 6.20 Å². The second-order valence-corrected chi connectivity index (χ2v) is 4.44. The van der Waals surface area contributed by atoms with Crippen LogP contribution in [-0.2, 0) is 4.74 Å². The summed E-state index contributed by atoms with van der Waals surface area (Å²) < 4.78 is 5.74. The summed E-state index contributed by atoms with van der Waals surface area (Å²) in [5, 5.41) is 0. The molecule has 2 aromatic heterocycles. The number of ether oxygens (including phenoxy) is 1. The minimum atomic E-state index is -0.296. The number of thiophene rings is 1. The zero-order chi connectivity index (χ0) is 11.0. The summed E-state index contributed by atoms with van der Waals surface area (Å²) in [6, 6.07) is 1.78. The Labute approximate surface area is 91.7 Å². The molecule has 0 radical (unpaired) electrons. The number of hydrogen-bond acceptors (Lipinski definition) is 4. The summed E-state index contributed by atoms with van der Waals surface area (Å²) in [5.74, 6) is -0.296. The highest BCUT2D eigenvalue weighted by atomic mass is 32.1. The molecule has 0 amide bonds. The van der Waals surface area contributed by atoms with Crippen molar-refractivity contribution in [1.29, 1.82) is 0 Å². The Bertz CT molecular complexity index is 531. The summed E-state index contributed by atoms with van der Waals surface area (Å²) >= 11 is 1.43. The van der Waals surface area contributed by atoms with Gasteiger partial charge in [0.1, 0.15) is 4.88 Å². The maximum Gasteiger partial charge on any atom is 0.348 e. The van der Waals surface area contributed by atoms with Crippen LogP contribution in [0.2, 0.25) is 0 Å². The normalized spacial score (nSPS) is 10.6. The number of fused-ring (bicyclic) bond motifs is 1. The van der Waals surface area contributed by atoms with Gasteiger partial charge in [-0.1, -0.05) is 0 Å². The summed E-state index contributed by atoms with van der Waals surface area (Å²) in [6.45, 7) is 4.05. The maximum atomic E-state index is 11.3. The predicted molar refractivity (Wildman–Crippen MR) is 60.4 cm³/mol. The molecule has 0 fully saturated rings. The number of rotatable bonds is 1. The zero-order valence-corrected chi connectivity index (χ0v) is 9.64. The minimum absolute atomic E-state index is 0.296. The lowest BCUT2D eigenvalue weighted by molar-refractivity contribution is 0.0606. The SMILES string of the molecule is COC(=O)c1cc2ncc(C)c(C)c2s1. The number of aryl methyl sites for hydroxylation is 2. The Kier molecular flexibility index (Phi) is 2.44. The first-order valence-corrected chi connectivity index (χ1v) is 5.39. The van der Waals surface area contributed by atoms with Gasteiger partial charge in [0.25, 0.3) is 0 Å². The fourth-order valence-corrected chi connectivity index (χ4v) is 2.48. The van der Waals surface area contributed by atoms with E-state index in [-0.39, 0.29) is 5.97 Å². The van der Waals surface area contributed by atoms with Gasteiger partial charge >= 0.3 is 5.97 Å². The molecule has 2 aromatic rings. The fourth-order valence-electron chi connectivity index (χ4n) is 1.39. The van der Waals surface area contributed by atoms with Crippen LogP contribution in [0.15, 0.2) is 12.3 Å². The quantitative estimate of drug-likeness (QED) is 0.695. The summed E-state index contributed by atoms with van der Waals surface area (Å²) in [4.78, 5) is 16.2. The highest BCUT2D eigenvalue weighted by molar-refractivity contribution is 7.20. The van der Waals surface area contributed by atoms with E-state index in [4.69, 9.17) is 0 Å². The number of hydrogen-bond donors (Lipinski definition) is 0. The van der Waals surface area contributed by atoms with Crippen LogP contribution in [0.4, 0.5) is 0 Å². The van der Waals surface area contributed by atoms with Crippen LogP contribution in [0.3, 0.4) is 0 Å². The van der Waals surface area contributed by atoms with Crippen molar-refractivity contribution in [1.82, 2.24) is 4.98 Å². The Morgan fingerprint density at radius 3 is 2.87 bits per heavy atom. The Morgan fingerprint density at radius 2 is 2.20 bits per heavy atom. The molecule has 0 aliphatic heterocycles. The maximum absolute atomic E-state index is 11.3. The monoisotopic (exact) mass is 221 g/mol.